The SMILES string of the molecule is CC(=O)c1sc(NC(=O)CS(=O)(=O)N2CCN(c3cccc(C)c3)CC2)nc1-c1ccccc1. The summed E-state index contributed by atoms with van der Waals surface area (Å²) >= 11 is 1.04. The number of Topliss-reactive ketones (excluding diaryl/α,β-unsaturated/α-hetero) is 1. The van der Waals surface area contributed by atoms with E-state index in [0.717, 1.165) is 28.2 Å². The third-order valence-corrected chi connectivity index (χ3v) is 8.40. The van der Waals surface area contributed by atoms with E-state index >= 15 is 0 Å². The number of hydrogen-bond donors (Lipinski definition) is 1. The molecule has 4 rings (SSSR count). The second kappa shape index (κ2) is 10.0. The largest absolute Gasteiger partial charge is 0.369 e. The zero-order valence-electron chi connectivity index (χ0n) is 19.0. The Kier molecular flexibility index (Phi) is 7.11. The molecule has 0 radical (unpaired) electrons. The lowest BCUT2D eigenvalue weighted by atomic mass is 10.1. The minimum absolute atomic E-state index is 0.170. The number of carbonyl (C=O) groups is 2. The summed E-state index contributed by atoms with van der Waals surface area (Å²) in [5.74, 6) is -1.52. The van der Waals surface area contributed by atoms with Crippen molar-refractivity contribution in [3.05, 3.63) is 65.0 Å². The van der Waals surface area contributed by atoms with E-state index in [-0.39, 0.29) is 10.9 Å². The minimum atomic E-state index is -3.78. The third kappa shape index (κ3) is 5.52. The van der Waals surface area contributed by atoms with Gasteiger partial charge in [0.15, 0.2) is 10.9 Å². The van der Waals surface area contributed by atoms with Crippen LogP contribution in [0, 0.1) is 6.92 Å². The van der Waals surface area contributed by atoms with Gasteiger partial charge < -0.3 is 10.2 Å². The molecule has 1 aromatic heterocycles. The number of nitrogens with zero attached hydrogens (tertiary/aromatic N) is 3. The first kappa shape index (κ1) is 24.1. The highest BCUT2D eigenvalue weighted by molar-refractivity contribution is 7.89. The van der Waals surface area contributed by atoms with Crippen molar-refractivity contribution in [2.75, 3.05) is 42.1 Å². The zero-order chi connectivity index (χ0) is 24.3. The summed E-state index contributed by atoms with van der Waals surface area (Å²) in [6, 6.07) is 17.3. The molecule has 0 bridgehead atoms. The van der Waals surface area contributed by atoms with Crippen LogP contribution in [0.5, 0.6) is 0 Å². The van der Waals surface area contributed by atoms with Crippen LogP contribution in [0.4, 0.5) is 10.8 Å². The summed E-state index contributed by atoms with van der Waals surface area (Å²) in [7, 11) is -3.78. The van der Waals surface area contributed by atoms with Crippen LogP contribution >= 0.6 is 11.3 Å². The molecule has 1 aliphatic heterocycles. The number of carbonyl (C=O) groups excluding carboxylic acids is 2. The Bertz CT molecular complexity index is 1300. The molecule has 0 unspecified atom stereocenters. The monoisotopic (exact) mass is 498 g/mol. The Balaban J connectivity index is 1.40. The molecule has 1 fully saturated rings. The van der Waals surface area contributed by atoms with Crippen LogP contribution in [-0.4, -0.2) is 61.3 Å². The Hall–Kier alpha value is -3.08. The van der Waals surface area contributed by atoms with Crippen molar-refractivity contribution in [1.29, 1.82) is 0 Å². The van der Waals surface area contributed by atoms with Crippen LogP contribution in [0.1, 0.15) is 22.2 Å². The number of aryl methyl sites for hydroxylation is 1. The molecule has 2 aromatic carbocycles. The van der Waals surface area contributed by atoms with Gasteiger partial charge >= 0.3 is 0 Å². The van der Waals surface area contributed by atoms with Gasteiger partial charge in [0.2, 0.25) is 15.9 Å². The third-order valence-electron chi connectivity index (χ3n) is 5.55. The Morgan fingerprint density at radius 2 is 1.74 bits per heavy atom. The lowest BCUT2D eigenvalue weighted by molar-refractivity contribution is -0.113. The molecular formula is C24H26N4O4S2. The number of sulfonamides is 1. The van der Waals surface area contributed by atoms with Gasteiger partial charge in [-0.15, -0.1) is 0 Å². The molecule has 10 heteroatoms. The first-order chi connectivity index (χ1) is 16.2. The molecule has 1 saturated heterocycles. The van der Waals surface area contributed by atoms with E-state index in [0.29, 0.717) is 36.8 Å². The van der Waals surface area contributed by atoms with Gasteiger partial charge in [-0.25, -0.2) is 13.4 Å². The maximum atomic E-state index is 12.9. The molecule has 0 saturated carbocycles. The highest BCUT2D eigenvalue weighted by Crippen LogP contribution is 2.31. The molecule has 34 heavy (non-hydrogen) atoms. The molecule has 0 aliphatic carbocycles. The first-order valence-corrected chi connectivity index (χ1v) is 13.3. The summed E-state index contributed by atoms with van der Waals surface area (Å²) in [5.41, 5.74) is 3.44. The molecule has 178 valence electrons. The van der Waals surface area contributed by atoms with Crippen molar-refractivity contribution in [1.82, 2.24) is 9.29 Å². The number of aromatic nitrogens is 1. The molecular weight excluding hydrogens is 472 g/mol. The number of amides is 1. The fraction of sp³-hybridized carbons (Fsp3) is 0.292. The molecule has 3 aromatic rings. The van der Waals surface area contributed by atoms with Crippen molar-refractivity contribution in [2.24, 2.45) is 0 Å². The fourth-order valence-electron chi connectivity index (χ4n) is 3.87. The van der Waals surface area contributed by atoms with Gasteiger partial charge in [-0.3, -0.25) is 9.59 Å². The quantitative estimate of drug-likeness (QED) is 0.501. The lowest BCUT2D eigenvalue weighted by Crippen LogP contribution is -2.50. The predicted molar refractivity (Wildman–Crippen MR) is 135 cm³/mol. The lowest BCUT2D eigenvalue weighted by Gasteiger charge is -2.35. The highest BCUT2D eigenvalue weighted by atomic mass is 32.2. The minimum Gasteiger partial charge on any atom is -0.369 e. The smallest absolute Gasteiger partial charge is 0.242 e. The topological polar surface area (TPSA) is 99.7 Å². The number of benzene rings is 2. The standard InChI is InChI=1S/C24H26N4O4S2/c1-17-7-6-10-20(15-17)27-11-13-28(14-12-27)34(31,32)16-21(30)25-24-26-22(23(33-24)18(2)29)19-8-4-3-5-9-19/h3-10,15H,11-14,16H2,1-2H3,(H,25,26,30). The van der Waals surface area contributed by atoms with Gasteiger partial charge in [0.25, 0.3) is 0 Å². The maximum Gasteiger partial charge on any atom is 0.242 e. The van der Waals surface area contributed by atoms with Gasteiger partial charge in [-0.1, -0.05) is 53.8 Å². The van der Waals surface area contributed by atoms with Crippen molar-refractivity contribution in [2.45, 2.75) is 13.8 Å². The summed E-state index contributed by atoms with van der Waals surface area (Å²) in [4.78, 5) is 31.6. The van der Waals surface area contributed by atoms with Gasteiger partial charge in [0.1, 0.15) is 5.75 Å². The van der Waals surface area contributed by atoms with Crippen LogP contribution in [0.25, 0.3) is 11.3 Å². The Labute approximate surface area is 203 Å². The summed E-state index contributed by atoms with van der Waals surface area (Å²) in [6.07, 6.45) is 0. The van der Waals surface area contributed by atoms with Gasteiger partial charge in [0.05, 0.1) is 10.6 Å². The molecule has 8 nitrogen and oxygen atoms in total. The number of piperazine rings is 1. The first-order valence-electron chi connectivity index (χ1n) is 10.9. The van der Waals surface area contributed by atoms with Gasteiger partial charge in [0, 0.05) is 44.4 Å². The van der Waals surface area contributed by atoms with E-state index in [9.17, 15) is 18.0 Å². The zero-order valence-corrected chi connectivity index (χ0v) is 20.7. The van der Waals surface area contributed by atoms with E-state index in [1.54, 1.807) is 0 Å². The Morgan fingerprint density at radius 1 is 1.03 bits per heavy atom. The average molecular weight is 499 g/mol. The molecule has 2 heterocycles. The van der Waals surface area contributed by atoms with Crippen LogP contribution < -0.4 is 10.2 Å². The number of ketones is 1. The molecule has 1 amide bonds. The van der Waals surface area contributed by atoms with Gasteiger partial charge in [-0.05, 0) is 24.6 Å². The predicted octanol–water partition coefficient (Wildman–Crippen LogP) is 3.41. The maximum absolute atomic E-state index is 12.9. The molecule has 0 atom stereocenters. The van der Waals surface area contributed by atoms with Crippen molar-refractivity contribution in [3.63, 3.8) is 0 Å². The van der Waals surface area contributed by atoms with E-state index in [1.807, 2.05) is 55.5 Å². The van der Waals surface area contributed by atoms with Crippen molar-refractivity contribution >= 4 is 43.9 Å². The van der Waals surface area contributed by atoms with Crippen LogP contribution in [0.15, 0.2) is 54.6 Å². The average Bonchev–Trinajstić information content (AvgIpc) is 3.23. The molecule has 0 spiro atoms. The fourth-order valence-corrected chi connectivity index (χ4v) is 6.07. The number of nitrogens with one attached hydrogen (secondary N) is 1. The second-order valence-electron chi connectivity index (χ2n) is 8.15. The summed E-state index contributed by atoms with van der Waals surface area (Å²) in [6.45, 7) is 5.19. The number of anilines is 2. The number of hydrogen-bond acceptors (Lipinski definition) is 7. The highest BCUT2D eigenvalue weighted by Gasteiger charge is 2.29. The number of rotatable bonds is 7. The van der Waals surface area contributed by atoms with Crippen LogP contribution in [0.2, 0.25) is 0 Å². The summed E-state index contributed by atoms with van der Waals surface area (Å²) < 4.78 is 27.1. The molecule has 1 N–H and O–H groups in total. The van der Waals surface area contributed by atoms with E-state index in [1.165, 1.54) is 11.2 Å². The summed E-state index contributed by atoms with van der Waals surface area (Å²) in [5, 5.41) is 2.77. The second-order valence-corrected chi connectivity index (χ2v) is 11.1. The Morgan fingerprint density at radius 3 is 2.38 bits per heavy atom. The van der Waals surface area contributed by atoms with Crippen molar-refractivity contribution < 1.29 is 18.0 Å². The van der Waals surface area contributed by atoms with E-state index < -0.39 is 21.7 Å². The van der Waals surface area contributed by atoms with Crippen molar-refractivity contribution in [3.8, 4) is 11.3 Å². The van der Waals surface area contributed by atoms with E-state index in [2.05, 4.69) is 21.3 Å². The van der Waals surface area contributed by atoms with Crippen LogP contribution in [-0.2, 0) is 14.8 Å². The van der Waals surface area contributed by atoms with Crippen LogP contribution in [0.3, 0.4) is 0 Å². The van der Waals surface area contributed by atoms with Gasteiger partial charge in [-0.2, -0.15) is 4.31 Å². The molecule has 1 aliphatic rings. The van der Waals surface area contributed by atoms with E-state index in [4.69, 9.17) is 0 Å². The number of thiazole rings is 1. The normalized spacial score (nSPS) is 14.7.